The summed E-state index contributed by atoms with van der Waals surface area (Å²) in [5.41, 5.74) is -5.18. The van der Waals surface area contributed by atoms with Gasteiger partial charge in [0.25, 0.3) is 0 Å². The number of halogens is 6. The lowest BCUT2D eigenvalue weighted by molar-refractivity contribution is -0.143. The molecular weight excluding hydrogens is 417 g/mol. The molecule has 0 aliphatic rings. The Morgan fingerprint density at radius 2 is 1.59 bits per heavy atom. The Morgan fingerprint density at radius 1 is 1.03 bits per heavy atom. The van der Waals surface area contributed by atoms with Crippen LogP contribution in [0.4, 0.5) is 26.3 Å². The van der Waals surface area contributed by atoms with E-state index in [1.54, 1.807) is 19.1 Å². The van der Waals surface area contributed by atoms with E-state index in [0.717, 1.165) is 6.42 Å². The molecule has 2 unspecified atom stereocenters. The summed E-state index contributed by atoms with van der Waals surface area (Å²) in [6, 6.07) is 6.29. The van der Waals surface area contributed by atoms with Crippen LogP contribution in [0.1, 0.15) is 47.3 Å². The molecule has 0 fully saturated rings. The molecule has 2 aromatic carbocycles. The molecular formula is C20H19F6O2P. The molecule has 0 aliphatic carbocycles. The third-order valence-electron chi connectivity index (χ3n) is 4.26. The minimum absolute atomic E-state index is 0.0580. The summed E-state index contributed by atoms with van der Waals surface area (Å²) < 4.78 is 85.3. The number of hydrogen-bond donors (Lipinski definition) is 0. The third-order valence-corrected chi connectivity index (χ3v) is 5.57. The summed E-state index contributed by atoms with van der Waals surface area (Å²) in [7, 11) is -0.896. The van der Waals surface area contributed by atoms with Crippen LogP contribution in [0, 0.1) is 6.92 Å². The van der Waals surface area contributed by atoms with Gasteiger partial charge < -0.3 is 4.74 Å². The molecule has 2 aromatic rings. The van der Waals surface area contributed by atoms with Gasteiger partial charge in [0.15, 0.2) is 5.52 Å². The van der Waals surface area contributed by atoms with Crippen molar-refractivity contribution in [2.24, 2.45) is 0 Å². The summed E-state index contributed by atoms with van der Waals surface area (Å²) in [5.74, 6) is 0.518. The van der Waals surface area contributed by atoms with Crippen LogP contribution >= 0.6 is 8.58 Å². The Morgan fingerprint density at radius 3 is 2.03 bits per heavy atom. The maximum atomic E-state index is 13.3. The van der Waals surface area contributed by atoms with Crippen molar-refractivity contribution in [2.45, 2.75) is 45.6 Å². The first-order valence-corrected chi connectivity index (χ1v) is 9.70. The highest BCUT2D eigenvalue weighted by molar-refractivity contribution is 7.66. The molecule has 9 heteroatoms. The Labute approximate surface area is 166 Å². The van der Waals surface area contributed by atoms with Crippen molar-refractivity contribution >= 4 is 19.4 Å². The van der Waals surface area contributed by atoms with Crippen LogP contribution in [-0.4, -0.2) is 11.6 Å². The second kappa shape index (κ2) is 8.74. The smallest absolute Gasteiger partial charge is 0.417 e. The van der Waals surface area contributed by atoms with Crippen molar-refractivity contribution in [3.05, 3.63) is 58.7 Å². The topological polar surface area (TPSA) is 26.3 Å². The number of benzene rings is 2. The van der Waals surface area contributed by atoms with E-state index in [4.69, 9.17) is 4.74 Å². The standard InChI is InChI=1S/C20H19F6O2P/c1-4-12(3)28-13-8-9-16(11(2)10-13)29-18(27)17-14(19(21,22)23)6-5-7-15(17)20(24,25)26/h5-10,12,29H,4H2,1-3H3. The van der Waals surface area contributed by atoms with E-state index in [2.05, 4.69) is 0 Å². The average Bonchev–Trinajstić information content (AvgIpc) is 2.61. The first-order chi connectivity index (χ1) is 13.3. The fourth-order valence-electron chi connectivity index (χ4n) is 2.62. The van der Waals surface area contributed by atoms with Crippen LogP contribution in [-0.2, 0) is 12.4 Å². The fourth-order valence-corrected chi connectivity index (χ4v) is 3.69. The van der Waals surface area contributed by atoms with Crippen molar-refractivity contribution in [3.63, 3.8) is 0 Å². The van der Waals surface area contributed by atoms with Crippen LogP contribution < -0.4 is 10.0 Å². The monoisotopic (exact) mass is 436 g/mol. The Balaban J connectivity index is 2.43. The highest BCUT2D eigenvalue weighted by Crippen LogP contribution is 2.41. The molecule has 0 heterocycles. The predicted octanol–water partition coefficient (Wildman–Crippen LogP) is 6.35. The van der Waals surface area contributed by atoms with Crippen LogP contribution in [0.5, 0.6) is 5.75 Å². The number of ether oxygens (including phenoxy) is 1. The molecule has 0 aromatic heterocycles. The van der Waals surface area contributed by atoms with E-state index in [-0.39, 0.29) is 6.10 Å². The fraction of sp³-hybridized carbons (Fsp3) is 0.350. The van der Waals surface area contributed by atoms with Crippen LogP contribution in [0.2, 0.25) is 0 Å². The minimum atomic E-state index is -5.08. The minimum Gasteiger partial charge on any atom is -0.491 e. The van der Waals surface area contributed by atoms with E-state index in [1.165, 1.54) is 6.07 Å². The maximum Gasteiger partial charge on any atom is 0.417 e. The third kappa shape index (κ3) is 5.72. The van der Waals surface area contributed by atoms with E-state index in [0.29, 0.717) is 34.8 Å². The lowest BCUT2D eigenvalue weighted by Crippen LogP contribution is -2.19. The van der Waals surface area contributed by atoms with Gasteiger partial charge in [-0.25, -0.2) is 0 Å². The Kier molecular flexibility index (Phi) is 6.99. The molecule has 2 atom stereocenters. The zero-order valence-corrected chi connectivity index (χ0v) is 16.8. The van der Waals surface area contributed by atoms with Crippen molar-refractivity contribution in [1.82, 2.24) is 0 Å². The molecule has 0 amide bonds. The van der Waals surface area contributed by atoms with Crippen molar-refractivity contribution in [2.75, 3.05) is 0 Å². The maximum absolute atomic E-state index is 13.3. The molecule has 0 N–H and O–H groups in total. The molecule has 0 spiro atoms. The molecule has 0 saturated carbocycles. The number of carbonyl (C=O) groups excluding carboxylic acids is 1. The van der Waals surface area contributed by atoms with Gasteiger partial charge in [0, 0.05) is 5.56 Å². The molecule has 158 valence electrons. The molecule has 0 aliphatic heterocycles. The number of alkyl halides is 6. The van der Waals surface area contributed by atoms with Crippen LogP contribution in [0.3, 0.4) is 0 Å². The quantitative estimate of drug-likeness (QED) is 0.390. The second-order valence-corrected chi connectivity index (χ2v) is 7.73. The number of aryl methyl sites for hydroxylation is 1. The van der Waals surface area contributed by atoms with Gasteiger partial charge in [0.05, 0.1) is 17.2 Å². The number of carbonyl (C=O) groups is 1. The van der Waals surface area contributed by atoms with Crippen molar-refractivity contribution in [1.29, 1.82) is 0 Å². The summed E-state index contributed by atoms with van der Waals surface area (Å²) >= 11 is 0. The largest absolute Gasteiger partial charge is 0.491 e. The SMILES string of the molecule is CCC(C)Oc1ccc(PC(=O)c2c(C(F)(F)F)cccc2C(F)(F)F)c(C)c1. The summed E-state index contributed by atoms with van der Waals surface area (Å²) in [6.07, 6.45) is -9.47. The van der Waals surface area contributed by atoms with E-state index >= 15 is 0 Å². The van der Waals surface area contributed by atoms with E-state index in [9.17, 15) is 31.1 Å². The van der Waals surface area contributed by atoms with Gasteiger partial charge in [0.2, 0.25) is 0 Å². The molecule has 0 radical (unpaired) electrons. The summed E-state index contributed by atoms with van der Waals surface area (Å²) in [4.78, 5) is 12.6. The Hall–Kier alpha value is -2.08. The van der Waals surface area contributed by atoms with Gasteiger partial charge in [-0.05, 0) is 64.0 Å². The molecule has 0 saturated heterocycles. The Bertz CT molecular complexity index is 857. The molecule has 29 heavy (non-hydrogen) atoms. The van der Waals surface area contributed by atoms with Gasteiger partial charge >= 0.3 is 12.4 Å². The zero-order valence-electron chi connectivity index (χ0n) is 15.8. The van der Waals surface area contributed by atoms with Crippen LogP contribution in [0.25, 0.3) is 0 Å². The number of rotatable bonds is 6. The highest BCUT2D eigenvalue weighted by Gasteiger charge is 2.42. The van der Waals surface area contributed by atoms with Crippen molar-refractivity contribution < 1.29 is 35.9 Å². The highest BCUT2D eigenvalue weighted by atomic mass is 31.1. The molecule has 2 nitrogen and oxygen atoms in total. The lowest BCUT2D eigenvalue weighted by atomic mass is 10.0. The first-order valence-electron chi connectivity index (χ1n) is 8.70. The van der Waals surface area contributed by atoms with Crippen molar-refractivity contribution in [3.8, 4) is 5.75 Å². The van der Waals surface area contributed by atoms with Gasteiger partial charge in [0.1, 0.15) is 5.75 Å². The summed E-state index contributed by atoms with van der Waals surface area (Å²) in [5, 5.41) is 0.358. The first kappa shape index (κ1) is 23.2. The predicted molar refractivity (Wildman–Crippen MR) is 100 cm³/mol. The molecule has 0 bridgehead atoms. The zero-order chi connectivity index (χ0) is 22.0. The molecule has 2 rings (SSSR count). The summed E-state index contributed by atoms with van der Waals surface area (Å²) in [6.45, 7) is 5.42. The van der Waals surface area contributed by atoms with E-state index < -0.39 is 43.1 Å². The van der Waals surface area contributed by atoms with Gasteiger partial charge in [-0.1, -0.05) is 19.1 Å². The number of hydrogen-bond acceptors (Lipinski definition) is 2. The second-order valence-electron chi connectivity index (χ2n) is 6.49. The van der Waals surface area contributed by atoms with Gasteiger partial charge in [-0.3, -0.25) is 4.79 Å². The van der Waals surface area contributed by atoms with Gasteiger partial charge in [-0.15, -0.1) is 0 Å². The van der Waals surface area contributed by atoms with Crippen LogP contribution in [0.15, 0.2) is 36.4 Å². The lowest BCUT2D eigenvalue weighted by Gasteiger charge is -2.18. The van der Waals surface area contributed by atoms with Gasteiger partial charge in [-0.2, -0.15) is 26.3 Å². The normalized spacial score (nSPS) is 13.7. The van der Waals surface area contributed by atoms with E-state index in [1.807, 2.05) is 13.8 Å². The average molecular weight is 436 g/mol.